The molecule has 0 fully saturated rings. The summed E-state index contributed by atoms with van der Waals surface area (Å²) < 4.78 is 78.6. The molecule has 0 aliphatic heterocycles. The molecule has 0 spiro atoms. The van der Waals surface area contributed by atoms with E-state index >= 15 is 0 Å². The topological polar surface area (TPSA) is 22.1 Å². The zero-order valence-electron chi connectivity index (χ0n) is 10.5. The summed E-state index contributed by atoms with van der Waals surface area (Å²) in [6.07, 6.45) is -8.50. The molecule has 1 heterocycles. The van der Waals surface area contributed by atoms with Crippen molar-refractivity contribution in [3.63, 3.8) is 0 Å². The molecule has 2 aromatic rings. The Hall–Kier alpha value is -1.52. The predicted molar refractivity (Wildman–Crippen MR) is 74.1 cm³/mol. The van der Waals surface area contributed by atoms with Crippen LogP contribution in [0.2, 0.25) is 0 Å². The number of aromatic nitrogens is 1. The van der Waals surface area contributed by atoms with Crippen LogP contribution >= 0.6 is 22.6 Å². The molecule has 0 unspecified atom stereocenters. The van der Waals surface area contributed by atoms with Gasteiger partial charge in [0.2, 0.25) is 0 Å². The van der Waals surface area contributed by atoms with Gasteiger partial charge >= 0.3 is 12.5 Å². The molecule has 9 heteroatoms. The van der Waals surface area contributed by atoms with Gasteiger partial charge in [-0.2, -0.15) is 13.2 Å². The Balaban J connectivity index is 2.47. The van der Waals surface area contributed by atoms with Gasteiger partial charge in [-0.1, -0.05) is 12.1 Å². The van der Waals surface area contributed by atoms with E-state index in [-0.39, 0.29) is 14.8 Å². The van der Waals surface area contributed by atoms with Crippen molar-refractivity contribution >= 4 is 22.6 Å². The minimum atomic E-state index is -4.88. The SMILES string of the molecule is FC(F)(F)Oc1cccc(-c2nccc(C(F)(F)F)c2I)c1. The summed E-state index contributed by atoms with van der Waals surface area (Å²) in [7, 11) is 0. The highest BCUT2D eigenvalue weighted by atomic mass is 127. The van der Waals surface area contributed by atoms with Crippen LogP contribution in [0, 0.1) is 3.57 Å². The molecule has 0 aliphatic carbocycles. The second-order valence-corrected chi connectivity index (χ2v) is 5.17. The number of rotatable bonds is 2. The lowest BCUT2D eigenvalue weighted by Crippen LogP contribution is -2.17. The van der Waals surface area contributed by atoms with Crippen molar-refractivity contribution in [3.8, 4) is 17.0 Å². The highest BCUT2D eigenvalue weighted by Crippen LogP contribution is 2.37. The number of hydrogen-bond acceptors (Lipinski definition) is 2. The van der Waals surface area contributed by atoms with Crippen LogP contribution in [-0.2, 0) is 6.18 Å². The predicted octanol–water partition coefficient (Wildman–Crippen LogP) is 5.27. The molecule has 1 aromatic carbocycles. The minimum Gasteiger partial charge on any atom is -0.406 e. The van der Waals surface area contributed by atoms with Crippen LogP contribution in [0.4, 0.5) is 26.3 Å². The van der Waals surface area contributed by atoms with E-state index in [2.05, 4.69) is 9.72 Å². The zero-order valence-corrected chi connectivity index (χ0v) is 12.6. The van der Waals surface area contributed by atoms with Crippen molar-refractivity contribution in [1.82, 2.24) is 4.98 Å². The van der Waals surface area contributed by atoms with Gasteiger partial charge in [-0.25, -0.2) is 0 Å². The van der Waals surface area contributed by atoms with Crippen LogP contribution in [-0.4, -0.2) is 11.3 Å². The van der Waals surface area contributed by atoms with E-state index in [0.29, 0.717) is 0 Å². The summed E-state index contributed by atoms with van der Waals surface area (Å²) in [5, 5.41) is 0. The van der Waals surface area contributed by atoms with Gasteiger partial charge in [0.25, 0.3) is 0 Å². The van der Waals surface area contributed by atoms with Gasteiger partial charge in [-0.15, -0.1) is 13.2 Å². The first-order chi connectivity index (χ1) is 10.1. The Morgan fingerprint density at radius 1 is 1.00 bits per heavy atom. The molecule has 2 nitrogen and oxygen atoms in total. The largest absolute Gasteiger partial charge is 0.573 e. The summed E-state index contributed by atoms with van der Waals surface area (Å²) in [4.78, 5) is 3.82. The Kier molecular flexibility index (Phi) is 4.54. The highest BCUT2D eigenvalue weighted by molar-refractivity contribution is 14.1. The van der Waals surface area contributed by atoms with Crippen molar-refractivity contribution in [2.75, 3.05) is 0 Å². The molecule has 0 bridgehead atoms. The van der Waals surface area contributed by atoms with Crippen LogP contribution in [0.15, 0.2) is 36.5 Å². The van der Waals surface area contributed by atoms with E-state index in [1.807, 2.05) is 0 Å². The van der Waals surface area contributed by atoms with Gasteiger partial charge in [0.05, 0.1) is 14.8 Å². The fraction of sp³-hybridized carbons (Fsp3) is 0.154. The number of halogens is 7. The van der Waals surface area contributed by atoms with Crippen LogP contribution in [0.25, 0.3) is 11.3 Å². The highest BCUT2D eigenvalue weighted by Gasteiger charge is 2.34. The number of hydrogen-bond donors (Lipinski definition) is 0. The van der Waals surface area contributed by atoms with Crippen LogP contribution in [0.5, 0.6) is 5.75 Å². The second-order valence-electron chi connectivity index (χ2n) is 4.09. The standard InChI is InChI=1S/C13H6F6INO/c14-12(15,16)9-4-5-21-11(10(9)20)7-2-1-3-8(6-7)22-13(17,18)19/h1-6H. The van der Waals surface area contributed by atoms with E-state index in [1.165, 1.54) is 34.7 Å². The zero-order chi connectivity index (χ0) is 16.5. The molecule has 0 aliphatic rings. The Morgan fingerprint density at radius 2 is 1.68 bits per heavy atom. The van der Waals surface area contributed by atoms with Crippen molar-refractivity contribution < 1.29 is 31.1 Å². The molecule has 1 aromatic heterocycles. The van der Waals surface area contributed by atoms with Gasteiger partial charge in [0.1, 0.15) is 5.75 Å². The van der Waals surface area contributed by atoms with Crippen molar-refractivity contribution in [3.05, 3.63) is 45.7 Å². The van der Waals surface area contributed by atoms with Crippen molar-refractivity contribution in [2.24, 2.45) is 0 Å². The first-order valence-electron chi connectivity index (χ1n) is 5.66. The van der Waals surface area contributed by atoms with Gasteiger partial charge in [-0.05, 0) is 40.8 Å². The number of nitrogens with zero attached hydrogens (tertiary/aromatic N) is 1. The van der Waals surface area contributed by atoms with E-state index in [0.717, 1.165) is 24.4 Å². The number of pyridine rings is 1. The summed E-state index contributed by atoms with van der Waals surface area (Å²) in [6.45, 7) is 0. The third-order valence-corrected chi connectivity index (χ3v) is 3.63. The lowest BCUT2D eigenvalue weighted by atomic mass is 10.1. The third kappa shape index (κ3) is 4.02. The maximum Gasteiger partial charge on any atom is 0.573 e. The number of benzene rings is 1. The van der Waals surface area contributed by atoms with Gasteiger partial charge in [0, 0.05) is 11.8 Å². The third-order valence-electron chi connectivity index (χ3n) is 2.54. The first kappa shape index (κ1) is 16.8. The molecule has 2 rings (SSSR count). The lowest BCUT2D eigenvalue weighted by molar-refractivity contribution is -0.274. The Labute approximate surface area is 134 Å². The summed E-state index contributed by atoms with van der Waals surface area (Å²) >= 11 is 1.46. The van der Waals surface area contributed by atoms with E-state index in [1.54, 1.807) is 0 Å². The average Bonchev–Trinajstić information content (AvgIpc) is 2.35. The molecule has 0 amide bonds. The normalized spacial score (nSPS) is 12.3. The minimum absolute atomic E-state index is 0.0666. The van der Waals surface area contributed by atoms with E-state index in [4.69, 9.17) is 0 Å². The Morgan fingerprint density at radius 3 is 2.27 bits per heavy atom. The molecule has 0 atom stereocenters. The van der Waals surface area contributed by atoms with Crippen LogP contribution in [0.3, 0.4) is 0 Å². The maximum absolute atomic E-state index is 12.8. The van der Waals surface area contributed by atoms with E-state index in [9.17, 15) is 26.3 Å². The summed E-state index contributed by atoms with van der Waals surface area (Å²) in [5.41, 5.74) is -0.874. The number of alkyl halides is 6. The number of ether oxygens (including phenoxy) is 1. The molecular formula is C13H6F6INO. The maximum atomic E-state index is 12.8. The van der Waals surface area contributed by atoms with Crippen molar-refractivity contribution in [2.45, 2.75) is 12.5 Å². The molecule has 0 saturated heterocycles. The van der Waals surface area contributed by atoms with Crippen LogP contribution < -0.4 is 4.74 Å². The molecule has 22 heavy (non-hydrogen) atoms. The van der Waals surface area contributed by atoms with Gasteiger partial charge in [0.15, 0.2) is 0 Å². The van der Waals surface area contributed by atoms with Crippen LogP contribution in [0.1, 0.15) is 5.56 Å². The fourth-order valence-electron chi connectivity index (χ4n) is 1.70. The van der Waals surface area contributed by atoms with Crippen molar-refractivity contribution in [1.29, 1.82) is 0 Å². The molecule has 0 N–H and O–H groups in total. The Bertz CT molecular complexity index is 683. The quantitative estimate of drug-likeness (QED) is 0.476. The van der Waals surface area contributed by atoms with Gasteiger partial charge < -0.3 is 4.74 Å². The molecule has 0 radical (unpaired) electrons. The monoisotopic (exact) mass is 433 g/mol. The summed E-state index contributed by atoms with van der Waals surface area (Å²) in [5.74, 6) is -0.528. The smallest absolute Gasteiger partial charge is 0.406 e. The molecule has 0 saturated carbocycles. The van der Waals surface area contributed by atoms with Gasteiger partial charge in [-0.3, -0.25) is 4.98 Å². The molecular weight excluding hydrogens is 427 g/mol. The van der Waals surface area contributed by atoms with E-state index < -0.39 is 23.9 Å². The molecule has 118 valence electrons. The summed E-state index contributed by atoms with van der Waals surface area (Å²) in [6, 6.07) is 5.44. The lowest BCUT2D eigenvalue weighted by Gasteiger charge is -2.13. The average molecular weight is 433 g/mol. The fourth-order valence-corrected chi connectivity index (χ4v) is 2.64. The first-order valence-corrected chi connectivity index (χ1v) is 6.74. The second kappa shape index (κ2) is 5.94.